The van der Waals surface area contributed by atoms with Crippen LogP contribution >= 0.6 is 15.9 Å². The van der Waals surface area contributed by atoms with E-state index in [1.165, 1.54) is 0 Å². The Morgan fingerprint density at radius 1 is 1.42 bits per heavy atom. The van der Waals surface area contributed by atoms with Gasteiger partial charge in [0, 0.05) is 29.3 Å². The third-order valence-corrected chi connectivity index (χ3v) is 4.00. The Morgan fingerprint density at radius 3 is 2.58 bits per heavy atom. The van der Waals surface area contributed by atoms with Crippen molar-refractivity contribution >= 4 is 21.8 Å². The molecule has 0 aliphatic carbocycles. The summed E-state index contributed by atoms with van der Waals surface area (Å²) in [6, 6.07) is 1.85. The molecule has 4 nitrogen and oxygen atoms in total. The summed E-state index contributed by atoms with van der Waals surface area (Å²) < 4.78 is 2.89. The van der Waals surface area contributed by atoms with Gasteiger partial charge in [-0.1, -0.05) is 20.8 Å². The van der Waals surface area contributed by atoms with E-state index in [2.05, 4.69) is 28.2 Å². The molecule has 19 heavy (non-hydrogen) atoms. The molecule has 0 fully saturated rings. The van der Waals surface area contributed by atoms with Crippen LogP contribution in [-0.2, 0) is 6.54 Å². The Kier molecular flexibility index (Phi) is 6.07. The SMILES string of the molecule is CCCn1cc(Br)cc1C(=O)NCC(N)(CC)CC. The van der Waals surface area contributed by atoms with Crippen LogP contribution in [0, 0.1) is 0 Å². The third kappa shape index (κ3) is 4.35. The molecule has 1 aromatic rings. The second-order valence-electron chi connectivity index (χ2n) is 4.99. The smallest absolute Gasteiger partial charge is 0.268 e. The summed E-state index contributed by atoms with van der Waals surface area (Å²) in [5, 5.41) is 2.95. The van der Waals surface area contributed by atoms with Crippen molar-refractivity contribution in [2.75, 3.05) is 6.54 Å². The van der Waals surface area contributed by atoms with Crippen molar-refractivity contribution in [2.45, 2.75) is 52.1 Å². The average Bonchev–Trinajstić information content (AvgIpc) is 2.77. The number of nitrogens with two attached hydrogens (primary N) is 1. The number of hydrogen-bond acceptors (Lipinski definition) is 2. The van der Waals surface area contributed by atoms with E-state index in [-0.39, 0.29) is 11.4 Å². The number of carbonyl (C=O) groups is 1. The maximum atomic E-state index is 12.2. The Labute approximate surface area is 123 Å². The van der Waals surface area contributed by atoms with Crippen molar-refractivity contribution < 1.29 is 4.79 Å². The standard InChI is InChI=1S/C14H24BrN3O/c1-4-7-18-9-11(15)8-12(18)13(19)17-10-14(16,5-2)6-3/h8-9H,4-7,10,16H2,1-3H3,(H,17,19). The van der Waals surface area contributed by atoms with E-state index >= 15 is 0 Å². The number of aryl methyl sites for hydroxylation is 1. The molecule has 0 aliphatic heterocycles. The van der Waals surface area contributed by atoms with Crippen LogP contribution in [0.25, 0.3) is 0 Å². The molecule has 0 atom stereocenters. The third-order valence-electron chi connectivity index (χ3n) is 3.57. The van der Waals surface area contributed by atoms with Gasteiger partial charge in [-0.05, 0) is 41.3 Å². The second-order valence-corrected chi connectivity index (χ2v) is 5.90. The van der Waals surface area contributed by atoms with Gasteiger partial charge >= 0.3 is 0 Å². The van der Waals surface area contributed by atoms with Crippen LogP contribution in [0.1, 0.15) is 50.5 Å². The first-order valence-electron chi connectivity index (χ1n) is 6.88. The molecule has 0 saturated carbocycles. The minimum Gasteiger partial charge on any atom is -0.349 e. The van der Waals surface area contributed by atoms with Crippen LogP contribution in [0.4, 0.5) is 0 Å². The summed E-state index contributed by atoms with van der Waals surface area (Å²) >= 11 is 3.41. The van der Waals surface area contributed by atoms with Gasteiger partial charge in [0.05, 0.1) is 0 Å². The van der Waals surface area contributed by atoms with Gasteiger partial charge in [0.15, 0.2) is 0 Å². The minimum absolute atomic E-state index is 0.0594. The first-order valence-corrected chi connectivity index (χ1v) is 7.67. The Balaban J connectivity index is 2.73. The van der Waals surface area contributed by atoms with Crippen LogP contribution < -0.4 is 11.1 Å². The van der Waals surface area contributed by atoms with Gasteiger partial charge in [-0.15, -0.1) is 0 Å². The zero-order chi connectivity index (χ0) is 14.5. The number of hydrogen-bond donors (Lipinski definition) is 2. The molecule has 0 radical (unpaired) electrons. The predicted molar refractivity (Wildman–Crippen MR) is 82.3 cm³/mol. The fourth-order valence-corrected chi connectivity index (χ4v) is 2.40. The first-order chi connectivity index (χ1) is 8.95. The lowest BCUT2D eigenvalue weighted by molar-refractivity contribution is 0.0932. The fraction of sp³-hybridized carbons (Fsp3) is 0.643. The molecule has 1 amide bonds. The topological polar surface area (TPSA) is 60.0 Å². The van der Waals surface area contributed by atoms with E-state index in [9.17, 15) is 4.79 Å². The highest BCUT2D eigenvalue weighted by molar-refractivity contribution is 9.10. The highest BCUT2D eigenvalue weighted by atomic mass is 79.9. The van der Waals surface area contributed by atoms with E-state index in [0.717, 1.165) is 30.3 Å². The minimum atomic E-state index is -0.310. The predicted octanol–water partition coefficient (Wildman–Crippen LogP) is 2.91. The maximum absolute atomic E-state index is 12.2. The van der Waals surface area contributed by atoms with Crippen LogP contribution in [0.5, 0.6) is 0 Å². The number of rotatable bonds is 7. The lowest BCUT2D eigenvalue weighted by Crippen LogP contribution is -2.49. The number of nitrogens with zero attached hydrogens (tertiary/aromatic N) is 1. The molecule has 5 heteroatoms. The lowest BCUT2D eigenvalue weighted by Gasteiger charge is -2.26. The van der Waals surface area contributed by atoms with Crippen LogP contribution in [0.2, 0.25) is 0 Å². The number of nitrogens with one attached hydrogen (secondary N) is 1. The average molecular weight is 330 g/mol. The van der Waals surface area contributed by atoms with Gasteiger partial charge < -0.3 is 15.6 Å². The molecule has 1 aromatic heterocycles. The molecule has 0 saturated heterocycles. The van der Waals surface area contributed by atoms with E-state index in [1.54, 1.807) is 0 Å². The molecular formula is C14H24BrN3O. The number of halogens is 1. The Morgan fingerprint density at radius 2 is 2.05 bits per heavy atom. The quantitative estimate of drug-likeness (QED) is 0.807. The van der Waals surface area contributed by atoms with Crippen molar-refractivity contribution in [1.29, 1.82) is 0 Å². The van der Waals surface area contributed by atoms with Crippen LogP contribution in [0.3, 0.4) is 0 Å². The monoisotopic (exact) mass is 329 g/mol. The lowest BCUT2D eigenvalue weighted by atomic mass is 9.94. The van der Waals surface area contributed by atoms with Gasteiger partial charge in [0.2, 0.25) is 0 Å². The zero-order valence-electron chi connectivity index (χ0n) is 12.0. The van der Waals surface area contributed by atoms with Crippen LogP contribution in [-0.4, -0.2) is 22.6 Å². The molecule has 0 aromatic carbocycles. The summed E-state index contributed by atoms with van der Waals surface area (Å²) in [6.45, 7) is 7.53. The fourth-order valence-electron chi connectivity index (χ4n) is 1.94. The van der Waals surface area contributed by atoms with Crippen molar-refractivity contribution in [1.82, 2.24) is 9.88 Å². The summed E-state index contributed by atoms with van der Waals surface area (Å²) in [4.78, 5) is 12.2. The van der Waals surface area contributed by atoms with Gasteiger partial charge in [0.25, 0.3) is 5.91 Å². The van der Waals surface area contributed by atoms with Crippen molar-refractivity contribution in [2.24, 2.45) is 5.73 Å². The molecule has 0 aliphatic rings. The molecule has 0 unspecified atom stereocenters. The molecule has 0 bridgehead atoms. The molecule has 1 heterocycles. The largest absolute Gasteiger partial charge is 0.349 e. The van der Waals surface area contributed by atoms with E-state index in [4.69, 9.17) is 5.73 Å². The van der Waals surface area contributed by atoms with E-state index < -0.39 is 0 Å². The first kappa shape index (κ1) is 16.2. The van der Waals surface area contributed by atoms with Gasteiger partial charge in [-0.2, -0.15) is 0 Å². The van der Waals surface area contributed by atoms with Gasteiger partial charge in [-0.3, -0.25) is 4.79 Å². The number of amides is 1. The summed E-state index contributed by atoms with van der Waals surface area (Å²) in [7, 11) is 0. The van der Waals surface area contributed by atoms with Crippen molar-refractivity contribution in [3.05, 3.63) is 22.4 Å². The molecule has 1 rings (SSSR count). The zero-order valence-corrected chi connectivity index (χ0v) is 13.6. The van der Waals surface area contributed by atoms with Crippen molar-refractivity contribution in [3.8, 4) is 0 Å². The summed E-state index contributed by atoms with van der Waals surface area (Å²) in [5.74, 6) is -0.0594. The maximum Gasteiger partial charge on any atom is 0.268 e. The summed E-state index contributed by atoms with van der Waals surface area (Å²) in [5.41, 5.74) is 6.57. The molecule has 0 spiro atoms. The van der Waals surface area contributed by atoms with Crippen LogP contribution in [0.15, 0.2) is 16.7 Å². The normalized spacial score (nSPS) is 11.6. The van der Waals surface area contributed by atoms with Gasteiger partial charge in [0.1, 0.15) is 5.69 Å². The number of aromatic nitrogens is 1. The van der Waals surface area contributed by atoms with Crippen molar-refractivity contribution in [3.63, 3.8) is 0 Å². The van der Waals surface area contributed by atoms with E-state index in [1.807, 2.05) is 30.7 Å². The summed E-state index contributed by atoms with van der Waals surface area (Å²) in [6.07, 6.45) is 4.63. The molecule has 108 valence electrons. The highest BCUT2D eigenvalue weighted by Crippen LogP contribution is 2.16. The molecular weight excluding hydrogens is 306 g/mol. The van der Waals surface area contributed by atoms with Gasteiger partial charge in [-0.25, -0.2) is 0 Å². The molecule has 3 N–H and O–H groups in total. The number of carbonyl (C=O) groups excluding carboxylic acids is 1. The second kappa shape index (κ2) is 7.10. The van der Waals surface area contributed by atoms with E-state index in [0.29, 0.717) is 12.2 Å². The Hall–Kier alpha value is -0.810. The Bertz CT molecular complexity index is 424. The highest BCUT2D eigenvalue weighted by Gasteiger charge is 2.22.